The highest BCUT2D eigenvalue weighted by Gasteiger charge is 2.63. The topological polar surface area (TPSA) is 114 Å². The second-order valence-corrected chi connectivity index (χ2v) is 12.9. The molecule has 1 saturated heterocycles. The molecule has 5 aromatic rings. The lowest BCUT2D eigenvalue weighted by molar-refractivity contribution is -0.154. The summed E-state index contributed by atoms with van der Waals surface area (Å²) in [6, 6.07) is 28.5. The molecule has 4 aliphatic rings. The first-order valence-electron chi connectivity index (χ1n) is 15.4. The van der Waals surface area contributed by atoms with Gasteiger partial charge in [-0.25, -0.2) is 9.80 Å². The molecule has 242 valence electrons. The van der Waals surface area contributed by atoms with Gasteiger partial charge < -0.3 is 9.15 Å². The van der Waals surface area contributed by atoms with E-state index < -0.39 is 59.7 Å². The second kappa shape index (κ2) is 11.9. The molecule has 3 amide bonds. The minimum absolute atomic E-state index is 0.0109. The number of carbonyl (C=O) groups excluding carboxylic acids is 5. The van der Waals surface area contributed by atoms with Gasteiger partial charge in [-0.05, 0) is 76.9 Å². The number of rotatable bonds is 7. The fraction of sp³-hybridized carbons (Fsp3) is 0.132. The molecule has 49 heavy (non-hydrogen) atoms. The Morgan fingerprint density at radius 3 is 1.76 bits per heavy atom. The standard InChI is InChI=1S/C38H24Cl2N2O7/c39-27-16-13-21(18-28(27)40)35(44)41(19-29(43)20-11-14-22(15-12-20)49-38(47)30-10-5-17-48-30)42-36(45)33-31-23-6-1-2-7-24(23)32(34(33)37(42)46)26-9-4-3-8-25(26)31/h1-18,31-34H,19H2/t31?,32?,33-,34-/m0/s1. The van der Waals surface area contributed by atoms with E-state index in [9.17, 15) is 24.0 Å². The molecule has 1 aliphatic heterocycles. The van der Waals surface area contributed by atoms with E-state index in [1.807, 2.05) is 48.5 Å². The molecule has 0 spiro atoms. The van der Waals surface area contributed by atoms with Crippen LogP contribution in [0, 0.1) is 11.8 Å². The second-order valence-electron chi connectivity index (χ2n) is 12.1. The van der Waals surface area contributed by atoms with Crippen molar-refractivity contribution in [2.45, 2.75) is 11.8 Å². The Hall–Kier alpha value is -5.51. The van der Waals surface area contributed by atoms with Crippen molar-refractivity contribution in [3.8, 4) is 5.75 Å². The van der Waals surface area contributed by atoms with Crippen LogP contribution in [-0.2, 0) is 9.59 Å². The Kier molecular flexibility index (Phi) is 7.46. The lowest BCUT2D eigenvalue weighted by atomic mass is 9.55. The number of halogens is 2. The number of amides is 3. The number of hydrogen-bond acceptors (Lipinski definition) is 7. The number of furan rings is 1. The quantitative estimate of drug-likeness (QED) is 0.0787. The van der Waals surface area contributed by atoms with Crippen LogP contribution in [-0.4, -0.2) is 46.0 Å². The maximum Gasteiger partial charge on any atom is 0.379 e. The van der Waals surface area contributed by atoms with Crippen molar-refractivity contribution in [2.24, 2.45) is 11.8 Å². The van der Waals surface area contributed by atoms with Crippen LogP contribution in [0.25, 0.3) is 0 Å². The van der Waals surface area contributed by atoms with Crippen LogP contribution in [0.5, 0.6) is 5.75 Å². The first-order valence-corrected chi connectivity index (χ1v) is 16.2. The first-order chi connectivity index (χ1) is 23.7. The number of ether oxygens (including phenoxy) is 1. The molecule has 0 N–H and O–H groups in total. The summed E-state index contributed by atoms with van der Waals surface area (Å²) in [5, 5.41) is 2.06. The van der Waals surface area contributed by atoms with Gasteiger partial charge >= 0.3 is 5.97 Å². The molecule has 1 aromatic heterocycles. The molecule has 4 aromatic carbocycles. The molecule has 0 unspecified atom stereocenters. The number of Topliss-reactive ketones (excluding diaryl/α,β-unsaturated/α-hetero) is 1. The molecule has 3 aliphatic carbocycles. The van der Waals surface area contributed by atoms with E-state index in [1.54, 1.807) is 6.07 Å². The van der Waals surface area contributed by atoms with Gasteiger partial charge in [-0.1, -0.05) is 71.7 Å². The van der Waals surface area contributed by atoms with E-state index >= 15 is 0 Å². The van der Waals surface area contributed by atoms with Crippen molar-refractivity contribution < 1.29 is 33.1 Å². The van der Waals surface area contributed by atoms with Crippen LogP contribution in [0.4, 0.5) is 0 Å². The lowest BCUT2D eigenvalue weighted by Crippen LogP contribution is -2.52. The maximum atomic E-state index is 14.5. The van der Waals surface area contributed by atoms with Crippen LogP contribution in [0.1, 0.15) is 65.4 Å². The Bertz CT molecular complexity index is 2080. The lowest BCUT2D eigenvalue weighted by Gasteiger charge is -2.45. The predicted octanol–water partition coefficient (Wildman–Crippen LogP) is 6.94. The molecule has 9 rings (SSSR count). The largest absolute Gasteiger partial charge is 0.457 e. The Balaban J connectivity index is 1.14. The van der Waals surface area contributed by atoms with Gasteiger partial charge in [0, 0.05) is 23.0 Å². The van der Waals surface area contributed by atoms with Crippen LogP contribution in [0.3, 0.4) is 0 Å². The van der Waals surface area contributed by atoms with Gasteiger partial charge in [0.25, 0.3) is 17.7 Å². The van der Waals surface area contributed by atoms with Gasteiger partial charge in [-0.2, -0.15) is 5.01 Å². The molecule has 0 radical (unpaired) electrons. The van der Waals surface area contributed by atoms with Gasteiger partial charge in [0.1, 0.15) is 12.3 Å². The zero-order valence-electron chi connectivity index (χ0n) is 25.4. The third kappa shape index (κ3) is 4.96. The molecule has 9 nitrogen and oxygen atoms in total. The highest BCUT2D eigenvalue weighted by Crippen LogP contribution is 2.61. The number of hydrazine groups is 1. The van der Waals surface area contributed by atoms with E-state index in [-0.39, 0.29) is 32.7 Å². The molecular formula is C38H24Cl2N2O7. The van der Waals surface area contributed by atoms with E-state index in [1.165, 1.54) is 54.8 Å². The first kappa shape index (κ1) is 30.8. The van der Waals surface area contributed by atoms with Crippen LogP contribution in [0.2, 0.25) is 10.0 Å². The zero-order chi connectivity index (χ0) is 34.0. The number of carbonyl (C=O) groups is 5. The highest BCUT2D eigenvalue weighted by molar-refractivity contribution is 6.42. The zero-order valence-corrected chi connectivity index (χ0v) is 26.9. The van der Waals surface area contributed by atoms with Gasteiger partial charge in [0.05, 0.1) is 28.1 Å². The van der Waals surface area contributed by atoms with E-state index in [2.05, 4.69) is 0 Å². The average Bonchev–Trinajstić information content (AvgIpc) is 3.76. The van der Waals surface area contributed by atoms with Gasteiger partial charge in [0.2, 0.25) is 5.76 Å². The summed E-state index contributed by atoms with van der Waals surface area (Å²) >= 11 is 12.4. The van der Waals surface area contributed by atoms with Crippen molar-refractivity contribution in [2.75, 3.05) is 6.54 Å². The molecular weight excluding hydrogens is 667 g/mol. The van der Waals surface area contributed by atoms with E-state index in [0.717, 1.165) is 32.3 Å². The summed E-state index contributed by atoms with van der Waals surface area (Å²) in [6.45, 7) is -0.642. The summed E-state index contributed by atoms with van der Waals surface area (Å²) in [6.07, 6.45) is 1.34. The molecule has 11 heteroatoms. The highest BCUT2D eigenvalue weighted by atomic mass is 35.5. The van der Waals surface area contributed by atoms with Crippen LogP contribution < -0.4 is 4.74 Å². The van der Waals surface area contributed by atoms with E-state index in [0.29, 0.717) is 0 Å². The van der Waals surface area contributed by atoms with Crippen LogP contribution >= 0.6 is 23.2 Å². The Morgan fingerprint density at radius 1 is 0.694 bits per heavy atom. The minimum atomic E-state index is -0.779. The number of imide groups is 1. The SMILES string of the molecule is O=C(CN(C(=O)c1ccc(Cl)c(Cl)c1)N1C(=O)[C@H]2C3c4ccccc4C(c4ccccc43)[C@@H]2C1=O)c1ccc(OC(=O)c2ccco2)cc1. The van der Waals surface area contributed by atoms with Gasteiger partial charge in [0.15, 0.2) is 5.78 Å². The fourth-order valence-corrected chi connectivity index (χ4v) is 7.70. The Labute approximate surface area is 289 Å². The number of benzene rings is 4. The third-order valence-corrected chi connectivity index (χ3v) is 10.2. The van der Waals surface area contributed by atoms with Crippen molar-refractivity contribution in [3.05, 3.63) is 159 Å². The summed E-state index contributed by atoms with van der Waals surface area (Å²) in [5.74, 6) is -5.37. The summed E-state index contributed by atoms with van der Waals surface area (Å²) in [4.78, 5) is 69.3. The number of ketones is 1. The molecule has 1 fully saturated rings. The molecule has 2 heterocycles. The summed E-state index contributed by atoms with van der Waals surface area (Å²) < 4.78 is 10.4. The van der Waals surface area contributed by atoms with Crippen molar-refractivity contribution >= 4 is 52.7 Å². The predicted molar refractivity (Wildman–Crippen MR) is 177 cm³/mol. The summed E-state index contributed by atoms with van der Waals surface area (Å²) in [5.41, 5.74) is 4.08. The Morgan fingerprint density at radius 2 is 1.24 bits per heavy atom. The van der Waals surface area contributed by atoms with Crippen molar-refractivity contribution in [1.82, 2.24) is 10.0 Å². The minimum Gasteiger partial charge on any atom is -0.457 e. The average molecular weight is 692 g/mol. The number of esters is 1. The monoisotopic (exact) mass is 690 g/mol. The molecule has 2 atom stereocenters. The fourth-order valence-electron chi connectivity index (χ4n) is 7.40. The summed E-state index contributed by atoms with van der Waals surface area (Å²) in [7, 11) is 0. The van der Waals surface area contributed by atoms with Gasteiger partial charge in [-0.15, -0.1) is 0 Å². The van der Waals surface area contributed by atoms with E-state index in [4.69, 9.17) is 32.4 Å². The smallest absolute Gasteiger partial charge is 0.379 e. The van der Waals surface area contributed by atoms with Crippen molar-refractivity contribution in [1.29, 1.82) is 0 Å². The van der Waals surface area contributed by atoms with Gasteiger partial charge in [-0.3, -0.25) is 19.2 Å². The molecule has 2 bridgehead atoms. The molecule has 0 saturated carbocycles. The number of hydrogen-bond donors (Lipinski definition) is 0. The third-order valence-electron chi connectivity index (χ3n) is 9.47. The van der Waals surface area contributed by atoms with Crippen LogP contribution in [0.15, 0.2) is 114 Å². The van der Waals surface area contributed by atoms with Crippen molar-refractivity contribution in [3.63, 3.8) is 0 Å². The number of nitrogens with zero attached hydrogens (tertiary/aromatic N) is 2. The maximum absolute atomic E-state index is 14.5. The normalized spacial score (nSPS) is 20.0.